The summed E-state index contributed by atoms with van der Waals surface area (Å²) in [4.78, 5) is 10.2. The zero-order valence-corrected chi connectivity index (χ0v) is 20.8. The number of aliphatic imine (C=N–C) groups is 2. The molecule has 0 unspecified atom stereocenters. The van der Waals surface area contributed by atoms with Gasteiger partial charge >= 0.3 is 0 Å². The summed E-state index contributed by atoms with van der Waals surface area (Å²) in [6.45, 7) is 10.8. The molecule has 2 aromatic carbocycles. The van der Waals surface area contributed by atoms with E-state index in [0.717, 1.165) is 80.6 Å². The molecule has 0 aliphatic carbocycles. The number of unbranched alkanes of at least 4 members (excludes halogenated alkanes) is 2. The zero-order valence-electron chi connectivity index (χ0n) is 20.8. The van der Waals surface area contributed by atoms with E-state index in [-0.39, 0.29) is 0 Å². The first-order valence-electron chi connectivity index (χ1n) is 12.3. The monoisotopic (exact) mass is 428 g/mol. The van der Waals surface area contributed by atoms with Crippen molar-refractivity contribution in [1.29, 1.82) is 0 Å². The van der Waals surface area contributed by atoms with Crippen molar-refractivity contribution in [2.45, 2.75) is 92.4 Å². The summed E-state index contributed by atoms with van der Waals surface area (Å²) >= 11 is 0. The summed E-state index contributed by atoms with van der Waals surface area (Å²) in [5, 5.41) is 0. The first kappa shape index (κ1) is 25.6. The molecule has 0 aromatic heterocycles. The van der Waals surface area contributed by atoms with Gasteiger partial charge in [0.15, 0.2) is 0 Å². The molecule has 2 aromatic rings. The molecule has 0 saturated carbocycles. The van der Waals surface area contributed by atoms with Crippen LogP contribution in [0.2, 0.25) is 0 Å². The lowest BCUT2D eigenvalue weighted by atomic mass is 10.0. The van der Waals surface area contributed by atoms with Crippen molar-refractivity contribution >= 4 is 22.8 Å². The van der Waals surface area contributed by atoms with E-state index in [0.29, 0.717) is 0 Å². The van der Waals surface area contributed by atoms with Gasteiger partial charge in [0.25, 0.3) is 0 Å². The quantitative estimate of drug-likeness (QED) is 0.252. The minimum atomic E-state index is 0.919. The van der Waals surface area contributed by atoms with Gasteiger partial charge < -0.3 is 0 Å². The van der Waals surface area contributed by atoms with E-state index in [1.807, 2.05) is 0 Å². The van der Waals surface area contributed by atoms with Crippen LogP contribution in [-0.2, 0) is 6.42 Å². The number of nitrogens with zero attached hydrogens (tertiary/aromatic N) is 2. The van der Waals surface area contributed by atoms with E-state index >= 15 is 0 Å². The molecule has 0 bridgehead atoms. The first-order chi connectivity index (χ1) is 15.5. The third-order valence-corrected chi connectivity index (χ3v) is 5.38. The summed E-state index contributed by atoms with van der Waals surface area (Å²) in [5.74, 6) is 6.37. The van der Waals surface area contributed by atoms with Crippen LogP contribution in [0.1, 0.15) is 88.8 Å². The van der Waals surface area contributed by atoms with Gasteiger partial charge in [-0.3, -0.25) is 9.98 Å². The van der Waals surface area contributed by atoms with E-state index in [9.17, 15) is 0 Å². The van der Waals surface area contributed by atoms with Gasteiger partial charge in [0.05, 0.1) is 22.8 Å². The van der Waals surface area contributed by atoms with Crippen molar-refractivity contribution < 1.29 is 0 Å². The topological polar surface area (TPSA) is 24.7 Å². The molecular weight excluding hydrogens is 388 g/mol. The van der Waals surface area contributed by atoms with Crippen LogP contribution < -0.4 is 0 Å². The fraction of sp³-hybridized carbons (Fsp3) is 0.467. The Morgan fingerprint density at radius 1 is 0.719 bits per heavy atom. The fourth-order valence-corrected chi connectivity index (χ4v) is 3.70. The summed E-state index contributed by atoms with van der Waals surface area (Å²) in [5.41, 5.74) is 8.17. The summed E-state index contributed by atoms with van der Waals surface area (Å²) in [6, 6.07) is 15.2. The maximum atomic E-state index is 5.11. The maximum Gasteiger partial charge on any atom is 0.0639 e. The largest absolute Gasteiger partial charge is 0.252 e. The molecule has 2 nitrogen and oxygen atoms in total. The number of hydrogen-bond donors (Lipinski definition) is 0. The van der Waals surface area contributed by atoms with Gasteiger partial charge in [0, 0.05) is 12.8 Å². The van der Waals surface area contributed by atoms with Crippen LogP contribution in [0.5, 0.6) is 0 Å². The number of hydrogen-bond acceptors (Lipinski definition) is 2. The zero-order chi connectivity index (χ0) is 23.2. The van der Waals surface area contributed by atoms with Crippen LogP contribution in [-0.4, -0.2) is 11.4 Å². The second-order valence-electron chi connectivity index (χ2n) is 8.54. The second kappa shape index (κ2) is 14.4. The molecule has 0 fully saturated rings. The highest BCUT2D eigenvalue weighted by Gasteiger charge is 2.11. The lowest BCUT2D eigenvalue weighted by Crippen LogP contribution is -2.14. The minimum absolute atomic E-state index is 0.919. The maximum absolute atomic E-state index is 5.11. The molecule has 0 spiro atoms. The predicted octanol–water partition coefficient (Wildman–Crippen LogP) is 8.88. The average Bonchev–Trinajstić information content (AvgIpc) is 2.77. The third kappa shape index (κ3) is 9.23. The Labute approximate surface area is 196 Å². The van der Waals surface area contributed by atoms with Crippen molar-refractivity contribution in [3.8, 4) is 11.8 Å². The van der Waals surface area contributed by atoms with Gasteiger partial charge in [-0.25, -0.2) is 0 Å². The number of rotatable bonds is 11. The van der Waals surface area contributed by atoms with E-state index in [1.54, 1.807) is 0 Å². The minimum Gasteiger partial charge on any atom is -0.252 e. The molecule has 0 aliphatic heterocycles. The highest BCUT2D eigenvalue weighted by Crippen LogP contribution is 2.21. The van der Waals surface area contributed by atoms with Crippen molar-refractivity contribution in [1.82, 2.24) is 0 Å². The van der Waals surface area contributed by atoms with Crippen molar-refractivity contribution in [3.05, 3.63) is 59.2 Å². The molecule has 170 valence electrons. The highest BCUT2D eigenvalue weighted by molar-refractivity contribution is 6.43. The lowest BCUT2D eigenvalue weighted by Gasteiger charge is -2.12. The summed E-state index contributed by atoms with van der Waals surface area (Å²) in [6.07, 6.45) is 9.36. The summed E-state index contributed by atoms with van der Waals surface area (Å²) in [7, 11) is 0. The number of aryl methyl sites for hydroxylation is 3. The van der Waals surface area contributed by atoms with E-state index in [4.69, 9.17) is 9.98 Å². The Balaban J connectivity index is 2.34. The Bertz CT molecular complexity index is 932. The Hall–Kier alpha value is -2.66. The van der Waals surface area contributed by atoms with Crippen LogP contribution >= 0.6 is 0 Å². The second-order valence-corrected chi connectivity index (χ2v) is 8.54. The van der Waals surface area contributed by atoms with E-state index < -0.39 is 0 Å². The third-order valence-electron chi connectivity index (χ3n) is 5.38. The van der Waals surface area contributed by atoms with Crippen molar-refractivity contribution in [3.63, 3.8) is 0 Å². The Morgan fingerprint density at radius 3 is 1.81 bits per heavy atom. The van der Waals surface area contributed by atoms with Crippen LogP contribution in [0.15, 0.2) is 52.4 Å². The molecule has 2 rings (SSSR count). The van der Waals surface area contributed by atoms with Crippen LogP contribution in [0.25, 0.3) is 0 Å². The van der Waals surface area contributed by atoms with Crippen LogP contribution in [0, 0.1) is 25.7 Å². The van der Waals surface area contributed by atoms with Gasteiger partial charge in [-0.2, -0.15) is 0 Å². The molecule has 0 saturated heterocycles. The van der Waals surface area contributed by atoms with Crippen molar-refractivity contribution in [2.24, 2.45) is 9.98 Å². The molecule has 2 heteroatoms. The average molecular weight is 429 g/mol. The van der Waals surface area contributed by atoms with Gasteiger partial charge in [0.2, 0.25) is 0 Å². The molecule has 0 amide bonds. The normalized spacial score (nSPS) is 11.9. The molecule has 0 atom stereocenters. The standard InChI is InChI=1S/C30H40N2/c1-6-9-12-13-14-26-17-19-27(20-18-26)31-29(15-10-7-2)30(16-11-8-3)32-28-22-24(4)21-25(5)23-28/h17-23H,6-8,10-11,13-16H2,1-5H3. The van der Waals surface area contributed by atoms with E-state index in [2.05, 4.69) is 88.9 Å². The summed E-state index contributed by atoms with van der Waals surface area (Å²) < 4.78 is 0. The van der Waals surface area contributed by atoms with Crippen molar-refractivity contribution in [2.75, 3.05) is 0 Å². The molecule has 0 heterocycles. The fourth-order valence-electron chi connectivity index (χ4n) is 3.70. The molecule has 32 heavy (non-hydrogen) atoms. The van der Waals surface area contributed by atoms with Gasteiger partial charge in [0.1, 0.15) is 0 Å². The molecule has 0 aliphatic rings. The first-order valence-corrected chi connectivity index (χ1v) is 12.3. The Morgan fingerprint density at radius 2 is 1.28 bits per heavy atom. The van der Waals surface area contributed by atoms with Gasteiger partial charge in [-0.1, -0.05) is 51.8 Å². The van der Waals surface area contributed by atoms with Crippen LogP contribution in [0.3, 0.4) is 0 Å². The molecular formula is C30H40N2. The van der Waals surface area contributed by atoms with Crippen LogP contribution in [0.4, 0.5) is 11.4 Å². The SMILES string of the molecule is CCC#CCCc1ccc(N=C(CCCC)C(CCCC)=Nc2cc(C)cc(C)c2)cc1. The lowest BCUT2D eigenvalue weighted by molar-refractivity contribution is 0.824. The van der Waals surface area contributed by atoms with Gasteiger partial charge in [-0.15, -0.1) is 11.8 Å². The van der Waals surface area contributed by atoms with Gasteiger partial charge in [-0.05, 0) is 86.9 Å². The molecule has 0 radical (unpaired) electrons. The highest BCUT2D eigenvalue weighted by atomic mass is 14.8. The smallest absolute Gasteiger partial charge is 0.0639 e. The number of benzene rings is 2. The molecule has 0 N–H and O–H groups in total. The predicted molar refractivity (Wildman–Crippen MR) is 142 cm³/mol. The Kier molecular flexibility index (Phi) is 11.5. The van der Waals surface area contributed by atoms with E-state index in [1.165, 1.54) is 16.7 Å².